The first-order valence-corrected chi connectivity index (χ1v) is 7.65. The number of hydrogen-bond donors (Lipinski definition) is 0. The second kappa shape index (κ2) is 6.53. The van der Waals surface area contributed by atoms with Gasteiger partial charge in [-0.3, -0.25) is 4.98 Å². The van der Waals surface area contributed by atoms with Gasteiger partial charge in [-0.15, -0.1) is 0 Å². The molecule has 3 aromatic rings. The molecule has 21 heavy (non-hydrogen) atoms. The van der Waals surface area contributed by atoms with Gasteiger partial charge in [-0.25, -0.2) is 0 Å². The van der Waals surface area contributed by atoms with Gasteiger partial charge in [-0.1, -0.05) is 68.3 Å². The molecule has 0 spiro atoms. The predicted molar refractivity (Wildman–Crippen MR) is 90.1 cm³/mol. The molecule has 0 bridgehead atoms. The van der Waals surface area contributed by atoms with E-state index in [1.165, 1.54) is 34.7 Å². The molecular formula is C20H20N. The van der Waals surface area contributed by atoms with Crippen molar-refractivity contribution >= 4 is 10.8 Å². The van der Waals surface area contributed by atoms with Crippen LogP contribution < -0.4 is 0 Å². The van der Waals surface area contributed by atoms with Crippen LogP contribution >= 0.6 is 0 Å². The van der Waals surface area contributed by atoms with Crippen LogP contribution in [-0.2, 0) is 0 Å². The van der Waals surface area contributed by atoms with Gasteiger partial charge in [0.05, 0.1) is 5.69 Å². The number of pyridine rings is 1. The van der Waals surface area contributed by atoms with Crippen LogP contribution in [0.5, 0.6) is 0 Å². The van der Waals surface area contributed by atoms with Crippen molar-refractivity contribution in [1.82, 2.24) is 4.98 Å². The largest absolute Gasteiger partial charge is 0.256 e. The van der Waals surface area contributed by atoms with Crippen molar-refractivity contribution in [1.29, 1.82) is 0 Å². The molecule has 0 fully saturated rings. The van der Waals surface area contributed by atoms with Crippen molar-refractivity contribution in [2.45, 2.75) is 26.2 Å². The predicted octanol–water partition coefficient (Wildman–Crippen LogP) is 5.64. The maximum Gasteiger partial charge on any atom is 0.0708 e. The number of hydrogen-bond acceptors (Lipinski definition) is 1. The lowest BCUT2D eigenvalue weighted by Gasteiger charge is -2.05. The van der Waals surface area contributed by atoms with Crippen molar-refractivity contribution in [3.63, 3.8) is 0 Å². The first-order chi connectivity index (χ1) is 10.4. The Hall–Kier alpha value is -2.15. The summed E-state index contributed by atoms with van der Waals surface area (Å²) in [5, 5.41) is 2.42. The number of rotatable bonds is 5. The molecule has 0 aliphatic rings. The monoisotopic (exact) mass is 274 g/mol. The topological polar surface area (TPSA) is 12.9 Å². The van der Waals surface area contributed by atoms with E-state index >= 15 is 0 Å². The smallest absolute Gasteiger partial charge is 0.0708 e. The van der Waals surface area contributed by atoms with Gasteiger partial charge < -0.3 is 0 Å². The highest BCUT2D eigenvalue weighted by Crippen LogP contribution is 2.23. The zero-order valence-corrected chi connectivity index (χ0v) is 12.4. The fraction of sp³-hybridized carbons (Fsp3) is 0.200. The second-order valence-electron chi connectivity index (χ2n) is 5.39. The molecule has 1 aromatic heterocycles. The minimum absolute atomic E-state index is 1.04. The van der Waals surface area contributed by atoms with E-state index in [0.717, 1.165) is 12.1 Å². The summed E-state index contributed by atoms with van der Waals surface area (Å²) < 4.78 is 0. The highest BCUT2D eigenvalue weighted by molar-refractivity contribution is 5.85. The maximum atomic E-state index is 4.57. The molecule has 0 N–H and O–H groups in total. The highest BCUT2D eigenvalue weighted by atomic mass is 14.7. The average Bonchev–Trinajstić information content (AvgIpc) is 2.55. The van der Waals surface area contributed by atoms with Gasteiger partial charge in [0.15, 0.2) is 0 Å². The summed E-state index contributed by atoms with van der Waals surface area (Å²) in [4.78, 5) is 4.57. The standard InChI is InChI=1S/C20H20N/c1-2-3-4-7-16-10-12-17(13-11-16)20-14-18-8-5-6-9-19(18)15-21-20/h5-15H,2-4H2,1H3. The normalized spacial score (nSPS) is 10.9. The Labute approximate surface area is 126 Å². The van der Waals surface area contributed by atoms with Gasteiger partial charge in [0.1, 0.15) is 0 Å². The van der Waals surface area contributed by atoms with Gasteiger partial charge >= 0.3 is 0 Å². The zero-order valence-electron chi connectivity index (χ0n) is 12.4. The number of fused-ring (bicyclic) bond motifs is 1. The van der Waals surface area contributed by atoms with E-state index in [0.29, 0.717) is 0 Å². The molecule has 1 nitrogen and oxygen atoms in total. The van der Waals surface area contributed by atoms with E-state index in [9.17, 15) is 0 Å². The van der Waals surface area contributed by atoms with Crippen LogP contribution in [0, 0.1) is 6.42 Å². The third-order valence-electron chi connectivity index (χ3n) is 3.78. The van der Waals surface area contributed by atoms with Crippen LogP contribution in [0.15, 0.2) is 60.8 Å². The van der Waals surface area contributed by atoms with Crippen LogP contribution in [0.2, 0.25) is 0 Å². The Bertz CT molecular complexity index is 713. The number of unbranched alkanes of at least 4 members (excludes halogenated alkanes) is 2. The van der Waals surface area contributed by atoms with Gasteiger partial charge in [-0.2, -0.15) is 0 Å². The van der Waals surface area contributed by atoms with E-state index in [2.05, 4.69) is 66.9 Å². The second-order valence-corrected chi connectivity index (χ2v) is 5.39. The average molecular weight is 274 g/mol. The van der Waals surface area contributed by atoms with E-state index in [4.69, 9.17) is 0 Å². The summed E-state index contributed by atoms with van der Waals surface area (Å²) in [5.41, 5.74) is 3.51. The highest BCUT2D eigenvalue weighted by Gasteiger charge is 2.01. The van der Waals surface area contributed by atoms with Crippen LogP contribution in [0.25, 0.3) is 22.0 Å². The SMILES string of the molecule is CCCC[CH]c1ccc(-c2cc3ccccc3cn2)cc1. The van der Waals surface area contributed by atoms with Gasteiger partial charge in [-0.05, 0) is 29.9 Å². The Kier molecular flexibility index (Phi) is 4.30. The molecule has 1 heterocycles. The van der Waals surface area contributed by atoms with Crippen LogP contribution in [0.1, 0.15) is 31.7 Å². The maximum absolute atomic E-state index is 4.57. The summed E-state index contributed by atoms with van der Waals surface area (Å²) in [6.07, 6.45) is 7.92. The molecule has 3 rings (SSSR count). The molecule has 0 aliphatic carbocycles. The molecule has 1 heteroatoms. The van der Waals surface area contributed by atoms with Crippen molar-refractivity contribution in [2.75, 3.05) is 0 Å². The lowest BCUT2D eigenvalue weighted by molar-refractivity contribution is 0.791. The van der Waals surface area contributed by atoms with Crippen LogP contribution in [-0.4, -0.2) is 4.98 Å². The molecule has 2 aromatic carbocycles. The Morgan fingerprint density at radius 2 is 1.71 bits per heavy atom. The first kappa shape index (κ1) is 13.8. The fourth-order valence-electron chi connectivity index (χ4n) is 2.50. The van der Waals surface area contributed by atoms with Gasteiger partial charge in [0.25, 0.3) is 0 Å². The molecule has 105 valence electrons. The molecule has 0 atom stereocenters. The van der Waals surface area contributed by atoms with Crippen LogP contribution in [0.4, 0.5) is 0 Å². The molecule has 0 saturated heterocycles. The Morgan fingerprint density at radius 3 is 2.48 bits per heavy atom. The third-order valence-corrected chi connectivity index (χ3v) is 3.78. The number of aromatic nitrogens is 1. The molecular weight excluding hydrogens is 254 g/mol. The lowest BCUT2D eigenvalue weighted by atomic mass is 10.0. The minimum atomic E-state index is 1.04. The fourth-order valence-corrected chi connectivity index (χ4v) is 2.50. The Morgan fingerprint density at radius 1 is 0.952 bits per heavy atom. The number of benzene rings is 2. The van der Waals surface area contributed by atoms with E-state index in [1.54, 1.807) is 0 Å². The molecule has 0 saturated carbocycles. The van der Waals surface area contributed by atoms with Crippen molar-refractivity contribution < 1.29 is 0 Å². The zero-order chi connectivity index (χ0) is 14.5. The Balaban J connectivity index is 1.81. The number of nitrogens with zero attached hydrogens (tertiary/aromatic N) is 1. The summed E-state index contributed by atoms with van der Waals surface area (Å²) in [5.74, 6) is 0. The first-order valence-electron chi connectivity index (χ1n) is 7.65. The molecule has 0 amide bonds. The van der Waals surface area contributed by atoms with E-state index < -0.39 is 0 Å². The lowest BCUT2D eigenvalue weighted by Crippen LogP contribution is -1.86. The van der Waals surface area contributed by atoms with Gasteiger partial charge in [0, 0.05) is 17.1 Å². The summed E-state index contributed by atoms with van der Waals surface area (Å²) in [6.45, 7) is 2.22. The minimum Gasteiger partial charge on any atom is -0.256 e. The molecule has 0 aliphatic heterocycles. The van der Waals surface area contributed by atoms with Gasteiger partial charge in [0.2, 0.25) is 0 Å². The molecule has 1 radical (unpaired) electrons. The molecule has 0 unspecified atom stereocenters. The third kappa shape index (κ3) is 3.30. The quantitative estimate of drug-likeness (QED) is 0.548. The van der Waals surface area contributed by atoms with E-state index in [-0.39, 0.29) is 0 Å². The summed E-state index contributed by atoms with van der Waals surface area (Å²) in [7, 11) is 0. The van der Waals surface area contributed by atoms with Crippen molar-refractivity contribution in [3.8, 4) is 11.3 Å². The summed E-state index contributed by atoms with van der Waals surface area (Å²) in [6, 6.07) is 19.2. The van der Waals surface area contributed by atoms with E-state index in [1.807, 2.05) is 12.3 Å². The van der Waals surface area contributed by atoms with Crippen molar-refractivity contribution in [2.24, 2.45) is 0 Å². The van der Waals surface area contributed by atoms with Crippen LogP contribution in [0.3, 0.4) is 0 Å². The summed E-state index contributed by atoms with van der Waals surface area (Å²) >= 11 is 0. The van der Waals surface area contributed by atoms with Crippen molar-refractivity contribution in [3.05, 3.63) is 72.8 Å².